The van der Waals surface area contributed by atoms with Gasteiger partial charge in [-0.3, -0.25) is 4.79 Å². The van der Waals surface area contributed by atoms with Crippen molar-refractivity contribution in [3.05, 3.63) is 34.9 Å². The van der Waals surface area contributed by atoms with Gasteiger partial charge in [-0.05, 0) is 30.5 Å². The van der Waals surface area contributed by atoms with Crippen LogP contribution in [0.1, 0.15) is 18.4 Å². The second kappa shape index (κ2) is 6.77. The molecule has 0 aromatic heterocycles. The molecule has 7 heteroatoms. The Balaban J connectivity index is 1.87. The number of carbonyl (C=O) groups excluding carboxylic acids is 1. The summed E-state index contributed by atoms with van der Waals surface area (Å²) in [5.74, 6) is -0.127. The molecule has 1 aromatic carbocycles. The highest BCUT2D eigenvalue weighted by Gasteiger charge is 2.31. The number of hydrogen-bond acceptors (Lipinski definition) is 3. The van der Waals surface area contributed by atoms with Crippen molar-refractivity contribution >= 4 is 27.5 Å². The van der Waals surface area contributed by atoms with Crippen molar-refractivity contribution in [1.29, 1.82) is 0 Å². The Hall–Kier alpha value is -1.11. The van der Waals surface area contributed by atoms with Crippen molar-refractivity contribution in [2.75, 3.05) is 19.3 Å². The van der Waals surface area contributed by atoms with E-state index < -0.39 is 10.0 Å². The van der Waals surface area contributed by atoms with Crippen molar-refractivity contribution in [3.8, 4) is 0 Å². The smallest absolute Gasteiger partial charge is 0.224 e. The second-order valence-electron chi connectivity index (χ2n) is 5.28. The molecule has 1 aromatic rings. The summed E-state index contributed by atoms with van der Waals surface area (Å²) in [6.45, 7) is 0.889. The molecule has 1 atom stereocenters. The van der Waals surface area contributed by atoms with E-state index in [2.05, 4.69) is 5.32 Å². The van der Waals surface area contributed by atoms with Crippen LogP contribution in [0.5, 0.6) is 0 Å². The number of halogens is 1. The predicted molar refractivity (Wildman–Crippen MR) is 82.7 cm³/mol. The Morgan fingerprint density at radius 3 is 2.90 bits per heavy atom. The van der Waals surface area contributed by atoms with E-state index in [1.54, 1.807) is 18.2 Å². The fourth-order valence-electron chi connectivity index (χ4n) is 2.58. The normalized spacial score (nSPS) is 19.6. The molecule has 1 unspecified atom stereocenters. The van der Waals surface area contributed by atoms with E-state index in [0.717, 1.165) is 18.4 Å². The van der Waals surface area contributed by atoms with Gasteiger partial charge in [-0.2, -0.15) is 4.31 Å². The monoisotopic (exact) mass is 330 g/mol. The first-order valence-corrected chi connectivity index (χ1v) is 9.07. The quantitative estimate of drug-likeness (QED) is 0.888. The Bertz CT molecular complexity index is 618. The van der Waals surface area contributed by atoms with Gasteiger partial charge in [0.2, 0.25) is 15.9 Å². The van der Waals surface area contributed by atoms with Gasteiger partial charge >= 0.3 is 0 Å². The van der Waals surface area contributed by atoms with Crippen molar-refractivity contribution in [1.82, 2.24) is 9.62 Å². The van der Waals surface area contributed by atoms with Gasteiger partial charge in [0.25, 0.3) is 0 Å². The van der Waals surface area contributed by atoms with E-state index in [9.17, 15) is 13.2 Å². The first-order valence-electron chi connectivity index (χ1n) is 6.84. The van der Waals surface area contributed by atoms with Gasteiger partial charge in [-0.25, -0.2) is 8.42 Å². The van der Waals surface area contributed by atoms with Crippen LogP contribution in [0.15, 0.2) is 24.3 Å². The number of benzene rings is 1. The van der Waals surface area contributed by atoms with Crippen LogP contribution in [0.3, 0.4) is 0 Å². The van der Waals surface area contributed by atoms with E-state index >= 15 is 0 Å². The van der Waals surface area contributed by atoms with E-state index in [-0.39, 0.29) is 18.4 Å². The largest absolute Gasteiger partial charge is 0.354 e. The van der Waals surface area contributed by atoms with Crippen LogP contribution in [0, 0.1) is 0 Å². The second-order valence-corrected chi connectivity index (χ2v) is 7.65. The van der Waals surface area contributed by atoms with Crippen LogP contribution in [0.4, 0.5) is 0 Å². The molecule has 5 nitrogen and oxygen atoms in total. The highest BCUT2D eigenvalue weighted by molar-refractivity contribution is 7.88. The summed E-state index contributed by atoms with van der Waals surface area (Å²) in [6, 6.07) is 7.01. The van der Waals surface area contributed by atoms with Crippen molar-refractivity contribution in [3.63, 3.8) is 0 Å². The lowest BCUT2D eigenvalue weighted by Gasteiger charge is -2.22. The lowest BCUT2D eigenvalue weighted by atomic mass is 10.1. The number of rotatable bonds is 5. The minimum absolute atomic E-state index is 0.127. The van der Waals surface area contributed by atoms with E-state index in [4.69, 9.17) is 11.6 Å². The summed E-state index contributed by atoms with van der Waals surface area (Å²) >= 11 is 5.87. The predicted octanol–water partition coefficient (Wildman–Crippen LogP) is 1.42. The maximum absolute atomic E-state index is 11.9. The molecule has 0 bridgehead atoms. The SMILES string of the molecule is CS(=O)(=O)N1CCCC1CNC(=O)Cc1cccc(Cl)c1. The van der Waals surface area contributed by atoms with Gasteiger partial charge in [0.1, 0.15) is 0 Å². The average molecular weight is 331 g/mol. The first-order chi connectivity index (χ1) is 9.86. The van der Waals surface area contributed by atoms with Gasteiger partial charge in [0.15, 0.2) is 0 Å². The summed E-state index contributed by atoms with van der Waals surface area (Å²) in [4.78, 5) is 11.9. The third kappa shape index (κ3) is 4.69. The number of sulfonamides is 1. The molecule has 1 amide bonds. The molecule has 1 aliphatic rings. The molecule has 0 spiro atoms. The van der Waals surface area contributed by atoms with Crippen molar-refractivity contribution < 1.29 is 13.2 Å². The van der Waals surface area contributed by atoms with Gasteiger partial charge in [0.05, 0.1) is 12.7 Å². The van der Waals surface area contributed by atoms with E-state index in [0.29, 0.717) is 18.1 Å². The Labute approximate surface area is 130 Å². The molecule has 2 rings (SSSR count). The van der Waals surface area contributed by atoms with Gasteiger partial charge in [0, 0.05) is 24.2 Å². The Morgan fingerprint density at radius 2 is 2.24 bits per heavy atom. The van der Waals surface area contributed by atoms with Crippen molar-refractivity contribution in [2.24, 2.45) is 0 Å². The molecule has 1 N–H and O–H groups in total. The summed E-state index contributed by atoms with van der Waals surface area (Å²) in [7, 11) is -3.20. The molecule has 1 aliphatic heterocycles. The summed E-state index contributed by atoms with van der Waals surface area (Å²) in [6.07, 6.45) is 3.07. The Kier molecular flexibility index (Phi) is 5.24. The zero-order chi connectivity index (χ0) is 15.5. The molecule has 0 aliphatic carbocycles. The molecule has 1 fully saturated rings. The van der Waals surface area contributed by atoms with Crippen LogP contribution in [0.2, 0.25) is 5.02 Å². The highest BCUT2D eigenvalue weighted by Crippen LogP contribution is 2.19. The summed E-state index contributed by atoms with van der Waals surface area (Å²) < 4.78 is 24.7. The molecule has 1 heterocycles. The number of carbonyl (C=O) groups is 1. The first kappa shape index (κ1) is 16.3. The van der Waals surface area contributed by atoms with Crippen molar-refractivity contribution in [2.45, 2.75) is 25.3 Å². The standard InChI is InChI=1S/C14H19ClN2O3S/c1-21(19,20)17-7-3-6-13(17)10-16-14(18)9-11-4-2-5-12(15)8-11/h2,4-5,8,13H,3,6-7,9-10H2,1H3,(H,16,18). The fraction of sp³-hybridized carbons (Fsp3) is 0.500. The number of nitrogens with zero attached hydrogens (tertiary/aromatic N) is 1. The topological polar surface area (TPSA) is 66.5 Å². The third-order valence-electron chi connectivity index (χ3n) is 3.54. The van der Waals surface area contributed by atoms with E-state index in [1.807, 2.05) is 6.07 Å². The molecular formula is C14H19ClN2O3S. The highest BCUT2D eigenvalue weighted by atomic mass is 35.5. The van der Waals surface area contributed by atoms with Crippen LogP contribution < -0.4 is 5.32 Å². The molecular weight excluding hydrogens is 312 g/mol. The molecule has 1 saturated heterocycles. The fourth-order valence-corrected chi connectivity index (χ4v) is 3.97. The zero-order valence-electron chi connectivity index (χ0n) is 11.9. The number of nitrogens with one attached hydrogen (secondary N) is 1. The maximum Gasteiger partial charge on any atom is 0.224 e. The Morgan fingerprint density at radius 1 is 1.48 bits per heavy atom. The van der Waals surface area contributed by atoms with Crippen LogP contribution >= 0.6 is 11.6 Å². The van der Waals surface area contributed by atoms with Gasteiger partial charge in [-0.15, -0.1) is 0 Å². The zero-order valence-corrected chi connectivity index (χ0v) is 13.5. The number of amides is 1. The average Bonchev–Trinajstić information content (AvgIpc) is 2.84. The molecule has 116 valence electrons. The van der Waals surface area contributed by atoms with Crippen LogP contribution in [-0.4, -0.2) is 44.0 Å². The minimum atomic E-state index is -3.20. The number of hydrogen-bond donors (Lipinski definition) is 1. The molecule has 21 heavy (non-hydrogen) atoms. The minimum Gasteiger partial charge on any atom is -0.354 e. The summed E-state index contributed by atoms with van der Waals surface area (Å²) in [5, 5.41) is 3.40. The van der Waals surface area contributed by atoms with Crippen LogP contribution in [-0.2, 0) is 21.2 Å². The molecule has 0 radical (unpaired) electrons. The summed E-state index contributed by atoms with van der Waals surface area (Å²) in [5.41, 5.74) is 0.839. The lowest BCUT2D eigenvalue weighted by Crippen LogP contribution is -2.43. The lowest BCUT2D eigenvalue weighted by molar-refractivity contribution is -0.120. The third-order valence-corrected chi connectivity index (χ3v) is 5.11. The van der Waals surface area contributed by atoms with Gasteiger partial charge < -0.3 is 5.32 Å². The van der Waals surface area contributed by atoms with Crippen LogP contribution in [0.25, 0.3) is 0 Å². The van der Waals surface area contributed by atoms with E-state index in [1.165, 1.54) is 10.6 Å². The van der Waals surface area contributed by atoms with Gasteiger partial charge in [-0.1, -0.05) is 23.7 Å². The molecule has 0 saturated carbocycles. The maximum atomic E-state index is 11.9.